The van der Waals surface area contributed by atoms with Gasteiger partial charge < -0.3 is 9.64 Å². The van der Waals surface area contributed by atoms with Gasteiger partial charge >= 0.3 is 0 Å². The summed E-state index contributed by atoms with van der Waals surface area (Å²) in [6.07, 6.45) is 0. The number of fused-ring (bicyclic) bond motifs is 1. The Labute approximate surface area is 83.5 Å². The minimum Gasteiger partial charge on any atom is -0.488 e. The maximum Gasteiger partial charge on any atom is 0.151 e. The first kappa shape index (κ1) is 8.89. The van der Waals surface area contributed by atoms with Gasteiger partial charge in [0.1, 0.15) is 12.4 Å². The number of ether oxygens (including phenoxy) is 1. The van der Waals surface area contributed by atoms with Crippen LogP contribution < -0.4 is 9.64 Å². The Morgan fingerprint density at radius 3 is 3.07 bits per heavy atom. The highest BCUT2D eigenvalue weighted by atomic mass is 16.5. The number of rotatable bonds is 0. The molecule has 0 spiro atoms. The fourth-order valence-corrected chi connectivity index (χ4v) is 1.60. The van der Waals surface area contributed by atoms with Crippen molar-refractivity contribution in [3.05, 3.63) is 23.8 Å². The summed E-state index contributed by atoms with van der Waals surface area (Å²) in [7, 11) is 1.92. The van der Waals surface area contributed by atoms with E-state index in [2.05, 4.69) is 6.07 Å². The Morgan fingerprint density at radius 1 is 1.57 bits per heavy atom. The van der Waals surface area contributed by atoms with E-state index in [4.69, 9.17) is 10.00 Å². The highest BCUT2D eigenvalue weighted by Gasteiger charge is 2.23. The molecule has 2 rings (SSSR count). The molecule has 0 N–H and O–H groups in total. The number of nitrogens with zero attached hydrogens (tertiary/aromatic N) is 2. The van der Waals surface area contributed by atoms with Crippen LogP contribution in [0.4, 0.5) is 5.69 Å². The van der Waals surface area contributed by atoms with Gasteiger partial charge in [-0.15, -0.1) is 0 Å². The summed E-state index contributed by atoms with van der Waals surface area (Å²) in [4.78, 5) is 1.96. The molecule has 1 aromatic carbocycles. The molecule has 1 heterocycles. The molecule has 1 aliphatic heterocycles. The summed E-state index contributed by atoms with van der Waals surface area (Å²) in [6.45, 7) is 2.48. The van der Waals surface area contributed by atoms with Crippen LogP contribution in [-0.4, -0.2) is 19.7 Å². The van der Waals surface area contributed by atoms with Crippen LogP contribution >= 0.6 is 0 Å². The van der Waals surface area contributed by atoms with Crippen molar-refractivity contribution in [2.24, 2.45) is 0 Å². The lowest BCUT2D eigenvalue weighted by atomic mass is 10.1. The van der Waals surface area contributed by atoms with Crippen molar-refractivity contribution in [2.75, 3.05) is 18.6 Å². The third kappa shape index (κ3) is 1.29. The third-order valence-corrected chi connectivity index (χ3v) is 2.51. The van der Waals surface area contributed by atoms with Gasteiger partial charge in [-0.25, -0.2) is 0 Å². The molecular formula is C11H12N2O. The van der Waals surface area contributed by atoms with E-state index in [9.17, 15) is 0 Å². The molecule has 14 heavy (non-hydrogen) atoms. The maximum atomic E-state index is 8.87. The van der Waals surface area contributed by atoms with Crippen LogP contribution in [0.5, 0.6) is 5.75 Å². The first-order chi connectivity index (χ1) is 6.72. The lowest BCUT2D eigenvalue weighted by Gasteiger charge is -2.31. The largest absolute Gasteiger partial charge is 0.488 e. The standard InChI is InChI=1S/C11H12N2O/c1-8-3-4-10-11(5-8)14-7-9(6-12)13(10)2/h3-5,9H,7H2,1-2H3. The van der Waals surface area contributed by atoms with E-state index in [0.29, 0.717) is 6.61 Å². The van der Waals surface area contributed by atoms with Crippen LogP contribution in [0.2, 0.25) is 0 Å². The van der Waals surface area contributed by atoms with Crippen molar-refractivity contribution < 1.29 is 4.74 Å². The molecule has 1 atom stereocenters. The lowest BCUT2D eigenvalue weighted by Crippen LogP contribution is -2.39. The number of anilines is 1. The predicted molar refractivity (Wildman–Crippen MR) is 54.5 cm³/mol. The van der Waals surface area contributed by atoms with Crippen molar-refractivity contribution in [1.82, 2.24) is 0 Å². The van der Waals surface area contributed by atoms with Gasteiger partial charge in [0, 0.05) is 7.05 Å². The van der Waals surface area contributed by atoms with E-state index < -0.39 is 0 Å². The Balaban J connectivity index is 2.42. The van der Waals surface area contributed by atoms with Crippen LogP contribution in [0.15, 0.2) is 18.2 Å². The number of nitriles is 1. The SMILES string of the molecule is Cc1ccc2c(c1)OCC(C#N)N2C. The summed E-state index contributed by atoms with van der Waals surface area (Å²) in [5.41, 5.74) is 2.17. The summed E-state index contributed by atoms with van der Waals surface area (Å²) in [5, 5.41) is 8.87. The van der Waals surface area contributed by atoms with Gasteiger partial charge in [0.2, 0.25) is 0 Å². The molecule has 0 bridgehead atoms. The average Bonchev–Trinajstić information content (AvgIpc) is 2.18. The van der Waals surface area contributed by atoms with Gasteiger partial charge in [-0.3, -0.25) is 0 Å². The quantitative estimate of drug-likeness (QED) is 0.622. The second kappa shape index (κ2) is 3.22. The van der Waals surface area contributed by atoms with Crippen molar-refractivity contribution in [1.29, 1.82) is 5.26 Å². The minimum atomic E-state index is -0.176. The zero-order valence-corrected chi connectivity index (χ0v) is 8.32. The predicted octanol–water partition coefficient (Wildman–Crippen LogP) is 1.72. The number of hydrogen-bond donors (Lipinski definition) is 0. The molecule has 0 amide bonds. The van der Waals surface area contributed by atoms with Gasteiger partial charge in [-0.2, -0.15) is 5.26 Å². The van der Waals surface area contributed by atoms with Gasteiger partial charge in [0.05, 0.1) is 11.8 Å². The molecule has 72 valence electrons. The van der Waals surface area contributed by atoms with Crippen molar-refractivity contribution in [3.63, 3.8) is 0 Å². The Bertz CT molecular complexity index is 395. The summed E-state index contributed by atoms with van der Waals surface area (Å²) in [5.74, 6) is 0.874. The first-order valence-electron chi connectivity index (χ1n) is 4.58. The Kier molecular flexibility index (Phi) is 2.05. The van der Waals surface area contributed by atoms with Gasteiger partial charge in [0.25, 0.3) is 0 Å². The molecule has 3 heteroatoms. The minimum absolute atomic E-state index is 0.176. The lowest BCUT2D eigenvalue weighted by molar-refractivity contribution is 0.288. The number of benzene rings is 1. The number of hydrogen-bond acceptors (Lipinski definition) is 3. The molecule has 1 aromatic rings. The molecule has 0 fully saturated rings. The molecule has 0 radical (unpaired) electrons. The van der Waals surface area contributed by atoms with Crippen LogP contribution in [0.3, 0.4) is 0 Å². The summed E-state index contributed by atoms with van der Waals surface area (Å²) < 4.78 is 5.51. The van der Waals surface area contributed by atoms with Gasteiger partial charge in [0.15, 0.2) is 6.04 Å². The van der Waals surface area contributed by atoms with Crippen molar-refractivity contribution in [2.45, 2.75) is 13.0 Å². The van der Waals surface area contributed by atoms with Crippen LogP contribution in [-0.2, 0) is 0 Å². The molecule has 1 aliphatic rings. The molecular weight excluding hydrogens is 176 g/mol. The van der Waals surface area contributed by atoms with Gasteiger partial charge in [-0.05, 0) is 24.6 Å². The second-order valence-electron chi connectivity index (χ2n) is 3.54. The molecule has 3 nitrogen and oxygen atoms in total. The Hall–Kier alpha value is -1.69. The average molecular weight is 188 g/mol. The van der Waals surface area contributed by atoms with Crippen LogP contribution in [0.25, 0.3) is 0 Å². The molecule has 0 saturated heterocycles. The van der Waals surface area contributed by atoms with Gasteiger partial charge in [-0.1, -0.05) is 6.07 Å². The monoisotopic (exact) mass is 188 g/mol. The fourth-order valence-electron chi connectivity index (χ4n) is 1.60. The molecule has 0 saturated carbocycles. The molecule has 1 unspecified atom stereocenters. The summed E-state index contributed by atoms with van der Waals surface area (Å²) in [6, 6.07) is 8.05. The van der Waals surface area contributed by atoms with E-state index in [-0.39, 0.29) is 6.04 Å². The highest BCUT2D eigenvalue weighted by molar-refractivity contribution is 5.62. The van der Waals surface area contributed by atoms with Crippen LogP contribution in [0, 0.1) is 18.3 Å². The number of aryl methyl sites for hydroxylation is 1. The first-order valence-corrected chi connectivity index (χ1v) is 4.58. The van der Waals surface area contributed by atoms with Crippen LogP contribution in [0.1, 0.15) is 5.56 Å². The van der Waals surface area contributed by atoms with Crippen molar-refractivity contribution >= 4 is 5.69 Å². The normalized spacial score (nSPS) is 19.5. The summed E-state index contributed by atoms with van der Waals surface area (Å²) >= 11 is 0. The van der Waals surface area contributed by atoms with E-state index in [0.717, 1.165) is 11.4 Å². The second-order valence-corrected chi connectivity index (χ2v) is 3.54. The zero-order valence-electron chi connectivity index (χ0n) is 8.32. The number of likely N-dealkylation sites (N-methyl/N-ethyl adjacent to an activating group) is 1. The fraction of sp³-hybridized carbons (Fsp3) is 0.364. The highest BCUT2D eigenvalue weighted by Crippen LogP contribution is 2.33. The molecule has 0 aromatic heterocycles. The zero-order chi connectivity index (χ0) is 10.1. The molecule has 0 aliphatic carbocycles. The maximum absolute atomic E-state index is 8.87. The van der Waals surface area contributed by atoms with E-state index >= 15 is 0 Å². The van der Waals surface area contributed by atoms with E-state index in [1.54, 1.807) is 0 Å². The topological polar surface area (TPSA) is 36.3 Å². The Morgan fingerprint density at radius 2 is 2.36 bits per heavy atom. The van der Waals surface area contributed by atoms with Crippen molar-refractivity contribution in [3.8, 4) is 11.8 Å². The third-order valence-electron chi connectivity index (χ3n) is 2.51. The van der Waals surface area contributed by atoms with E-state index in [1.807, 2.05) is 37.1 Å². The van der Waals surface area contributed by atoms with E-state index in [1.165, 1.54) is 5.56 Å². The smallest absolute Gasteiger partial charge is 0.151 e.